The summed E-state index contributed by atoms with van der Waals surface area (Å²) in [6.45, 7) is 5.83. The Balaban J connectivity index is 1.73. The molecule has 0 aliphatic heterocycles. The average Bonchev–Trinajstić information content (AvgIpc) is 3.13. The van der Waals surface area contributed by atoms with Crippen molar-refractivity contribution in [3.8, 4) is 0 Å². The number of hydrogen-bond donors (Lipinski definition) is 2. The van der Waals surface area contributed by atoms with Gasteiger partial charge in [0.25, 0.3) is 10.0 Å². The Morgan fingerprint density at radius 3 is 2.34 bits per heavy atom. The van der Waals surface area contributed by atoms with Crippen LogP contribution in [0.1, 0.15) is 78.6 Å². The highest BCUT2D eigenvalue weighted by atomic mass is 32.2. The van der Waals surface area contributed by atoms with Crippen LogP contribution >= 0.6 is 11.3 Å². The second-order valence-corrected chi connectivity index (χ2v) is 11.8. The summed E-state index contributed by atoms with van der Waals surface area (Å²) < 4.78 is 27.3. The third-order valence-electron chi connectivity index (χ3n) is 5.94. The maximum absolute atomic E-state index is 13.2. The molecule has 7 nitrogen and oxygen atoms in total. The summed E-state index contributed by atoms with van der Waals surface area (Å²) in [7, 11) is -3.60. The summed E-state index contributed by atoms with van der Waals surface area (Å²) >= 11 is 1.00. The van der Waals surface area contributed by atoms with E-state index in [-0.39, 0.29) is 28.4 Å². The quantitative estimate of drug-likeness (QED) is 0.675. The molecule has 0 atom stereocenters. The molecule has 0 saturated heterocycles. The third kappa shape index (κ3) is 5.92. The molecule has 0 bridgehead atoms. The van der Waals surface area contributed by atoms with E-state index in [1.807, 2.05) is 0 Å². The minimum atomic E-state index is -3.60. The van der Waals surface area contributed by atoms with E-state index in [1.165, 1.54) is 12.6 Å². The van der Waals surface area contributed by atoms with Gasteiger partial charge in [-0.25, -0.2) is 22.9 Å². The number of rotatable bonds is 6. The molecule has 2 N–H and O–H groups in total. The second kappa shape index (κ2) is 9.75. The van der Waals surface area contributed by atoms with Crippen LogP contribution < -0.4 is 10.0 Å². The lowest BCUT2D eigenvalue weighted by Gasteiger charge is -2.42. The van der Waals surface area contributed by atoms with Crippen molar-refractivity contribution in [1.82, 2.24) is 14.6 Å². The normalized spacial score (nSPS) is 23.9. The van der Waals surface area contributed by atoms with Crippen LogP contribution in [0.15, 0.2) is 10.4 Å². The number of nitrogens with zero attached hydrogens (tertiary/aromatic N) is 2. The first-order chi connectivity index (χ1) is 13.8. The van der Waals surface area contributed by atoms with Crippen LogP contribution in [0.3, 0.4) is 0 Å². The van der Waals surface area contributed by atoms with Gasteiger partial charge in [-0.1, -0.05) is 37.5 Å². The van der Waals surface area contributed by atoms with Crippen molar-refractivity contribution in [3.63, 3.8) is 0 Å². The number of nitrogens with one attached hydrogen (secondary N) is 2. The van der Waals surface area contributed by atoms with Crippen LogP contribution in [0.25, 0.3) is 0 Å². The van der Waals surface area contributed by atoms with Gasteiger partial charge < -0.3 is 4.90 Å². The van der Waals surface area contributed by atoms with Crippen LogP contribution in [0.4, 0.5) is 9.93 Å². The molecule has 1 aromatic heterocycles. The molecule has 0 spiro atoms. The monoisotopic (exact) mass is 442 g/mol. The molecule has 0 radical (unpaired) electrons. The Bertz CT molecular complexity index is 779. The molecule has 2 aliphatic rings. The average molecular weight is 443 g/mol. The zero-order valence-electron chi connectivity index (χ0n) is 17.7. The molecular formula is C20H34N4O3S2. The lowest BCUT2D eigenvalue weighted by atomic mass is 9.84. The smallest absolute Gasteiger partial charge is 0.319 e. The number of amides is 2. The molecule has 1 aromatic rings. The van der Waals surface area contributed by atoms with Gasteiger partial charge in [0.15, 0.2) is 9.34 Å². The Morgan fingerprint density at radius 1 is 1.10 bits per heavy atom. The molecule has 164 valence electrons. The first-order valence-corrected chi connectivity index (χ1v) is 13.1. The number of hydrogen-bond acceptors (Lipinski definition) is 5. The van der Waals surface area contributed by atoms with Crippen molar-refractivity contribution in [2.24, 2.45) is 5.92 Å². The highest BCUT2D eigenvalue weighted by Gasteiger charge is 2.34. The molecule has 2 aliphatic carbocycles. The van der Waals surface area contributed by atoms with Crippen molar-refractivity contribution in [1.29, 1.82) is 0 Å². The molecule has 2 saturated carbocycles. The topological polar surface area (TPSA) is 91.4 Å². The van der Waals surface area contributed by atoms with Crippen LogP contribution in [0.5, 0.6) is 0 Å². The van der Waals surface area contributed by atoms with Crippen molar-refractivity contribution >= 4 is 32.5 Å². The fraction of sp³-hybridized carbons (Fsp3) is 0.800. The zero-order chi connectivity index (χ0) is 21.0. The third-order valence-corrected chi connectivity index (χ3v) is 8.97. The number of sulfonamides is 1. The summed E-state index contributed by atoms with van der Waals surface area (Å²) in [5, 5.41) is 3.23. The van der Waals surface area contributed by atoms with Crippen molar-refractivity contribution in [2.75, 3.05) is 5.32 Å². The van der Waals surface area contributed by atoms with Gasteiger partial charge in [-0.15, -0.1) is 0 Å². The standard InChI is InChI=1S/C20H34N4O3S2/c1-14(2)23-29(26,27)18-13-21-19(28-18)22-20(25)24(16-7-5-4-6-8-16)17-11-9-15(3)10-12-17/h13-17,23H,4-12H2,1-3H3,(H,21,22,25)/t15-,17-. The highest BCUT2D eigenvalue weighted by molar-refractivity contribution is 7.91. The molecular weight excluding hydrogens is 408 g/mol. The predicted molar refractivity (Wildman–Crippen MR) is 117 cm³/mol. The number of anilines is 1. The van der Waals surface area contributed by atoms with Crippen molar-refractivity contribution < 1.29 is 13.2 Å². The first-order valence-electron chi connectivity index (χ1n) is 10.8. The van der Waals surface area contributed by atoms with E-state index in [0.717, 1.165) is 68.6 Å². The van der Waals surface area contributed by atoms with E-state index in [4.69, 9.17) is 0 Å². The Hall–Kier alpha value is -1.19. The van der Waals surface area contributed by atoms with Gasteiger partial charge >= 0.3 is 6.03 Å². The van der Waals surface area contributed by atoms with Gasteiger partial charge in [0.05, 0.1) is 6.20 Å². The molecule has 3 rings (SSSR count). The van der Waals surface area contributed by atoms with Gasteiger partial charge in [0, 0.05) is 18.1 Å². The van der Waals surface area contributed by atoms with E-state index in [9.17, 15) is 13.2 Å². The van der Waals surface area contributed by atoms with Crippen LogP contribution in [-0.2, 0) is 10.0 Å². The molecule has 29 heavy (non-hydrogen) atoms. The summed E-state index contributed by atoms with van der Waals surface area (Å²) in [4.78, 5) is 19.5. The largest absolute Gasteiger partial charge is 0.324 e. The Kier molecular flexibility index (Phi) is 7.56. The van der Waals surface area contributed by atoms with Gasteiger partial charge in [0.1, 0.15) is 0 Å². The molecule has 1 heterocycles. The summed E-state index contributed by atoms with van der Waals surface area (Å²) in [5.74, 6) is 0.725. The molecule has 0 unspecified atom stereocenters. The lowest BCUT2D eigenvalue weighted by molar-refractivity contribution is 0.105. The van der Waals surface area contributed by atoms with Crippen LogP contribution in [0, 0.1) is 5.92 Å². The van der Waals surface area contributed by atoms with Gasteiger partial charge in [-0.2, -0.15) is 0 Å². The van der Waals surface area contributed by atoms with E-state index in [1.54, 1.807) is 13.8 Å². The number of thiazole rings is 1. The summed E-state index contributed by atoms with van der Waals surface area (Å²) in [5.41, 5.74) is 0. The Labute approximate surface area is 178 Å². The summed E-state index contributed by atoms with van der Waals surface area (Å²) in [6, 6.07) is 0.204. The number of carbonyl (C=O) groups is 1. The number of urea groups is 1. The zero-order valence-corrected chi connectivity index (χ0v) is 19.3. The first kappa shape index (κ1) is 22.5. The fourth-order valence-corrected chi connectivity index (χ4v) is 6.76. The van der Waals surface area contributed by atoms with E-state index in [0.29, 0.717) is 5.13 Å². The second-order valence-electron chi connectivity index (χ2n) is 8.80. The van der Waals surface area contributed by atoms with Gasteiger partial charge in [0.2, 0.25) is 0 Å². The maximum Gasteiger partial charge on any atom is 0.324 e. The van der Waals surface area contributed by atoms with E-state index < -0.39 is 10.0 Å². The van der Waals surface area contributed by atoms with Gasteiger partial charge in [-0.3, -0.25) is 5.32 Å². The summed E-state index contributed by atoms with van der Waals surface area (Å²) in [6.07, 6.45) is 11.4. The van der Waals surface area contributed by atoms with Gasteiger partial charge in [-0.05, 0) is 58.3 Å². The number of carbonyl (C=O) groups excluding carboxylic acids is 1. The SMILES string of the molecule is CC(C)NS(=O)(=O)c1cnc(NC(=O)N(C2CCCCC2)[C@H]2CC[C@H](C)CC2)s1. The highest BCUT2D eigenvalue weighted by Crippen LogP contribution is 2.33. The predicted octanol–water partition coefficient (Wildman–Crippen LogP) is 4.58. The minimum Gasteiger partial charge on any atom is -0.319 e. The molecule has 0 aromatic carbocycles. The maximum atomic E-state index is 13.2. The molecule has 2 amide bonds. The van der Waals surface area contributed by atoms with E-state index in [2.05, 4.69) is 26.8 Å². The van der Waals surface area contributed by atoms with Crippen molar-refractivity contribution in [2.45, 2.75) is 101 Å². The minimum absolute atomic E-state index is 0.122. The fourth-order valence-electron chi connectivity index (χ4n) is 4.48. The Morgan fingerprint density at radius 2 is 1.72 bits per heavy atom. The van der Waals surface area contributed by atoms with Crippen molar-refractivity contribution in [3.05, 3.63) is 6.20 Å². The van der Waals surface area contributed by atoms with E-state index >= 15 is 0 Å². The lowest BCUT2D eigenvalue weighted by Crippen LogP contribution is -2.51. The molecule has 9 heteroatoms. The van der Waals surface area contributed by atoms with Crippen LogP contribution in [-0.4, -0.2) is 42.5 Å². The number of aromatic nitrogens is 1. The van der Waals surface area contributed by atoms with Crippen LogP contribution in [0.2, 0.25) is 0 Å². The molecule has 2 fully saturated rings.